The number of carbonyl (C=O) groups excluding carboxylic acids is 1. The highest BCUT2D eigenvalue weighted by Crippen LogP contribution is 2.40. The van der Waals surface area contributed by atoms with Crippen LogP contribution in [-0.2, 0) is 4.79 Å². The Kier molecular flexibility index (Phi) is 6.72. The summed E-state index contributed by atoms with van der Waals surface area (Å²) in [6.07, 6.45) is 9.52. The molecule has 0 radical (unpaired) electrons. The van der Waals surface area contributed by atoms with E-state index in [-0.39, 0.29) is 5.91 Å². The molecular weight excluding hydrogens is 288 g/mol. The third-order valence-electron chi connectivity index (χ3n) is 5.91. The molecule has 0 atom stereocenters. The van der Waals surface area contributed by atoms with Crippen LogP contribution in [0.2, 0.25) is 0 Å². The predicted octanol–water partition coefficient (Wildman–Crippen LogP) is 2.38. The van der Waals surface area contributed by atoms with Crippen molar-refractivity contribution in [3.05, 3.63) is 0 Å². The number of piperidine rings is 1. The van der Waals surface area contributed by atoms with Crippen LogP contribution in [0.4, 0.5) is 0 Å². The van der Waals surface area contributed by atoms with Gasteiger partial charge < -0.3 is 15.5 Å². The van der Waals surface area contributed by atoms with Crippen molar-refractivity contribution in [3.8, 4) is 0 Å². The van der Waals surface area contributed by atoms with Crippen LogP contribution >= 0.6 is 0 Å². The van der Waals surface area contributed by atoms with Crippen LogP contribution in [0.25, 0.3) is 0 Å². The summed E-state index contributed by atoms with van der Waals surface area (Å²) in [5.41, 5.74) is 0.480. The van der Waals surface area contributed by atoms with Gasteiger partial charge in [-0.1, -0.05) is 19.8 Å². The Morgan fingerprint density at radius 3 is 2.43 bits per heavy atom. The van der Waals surface area contributed by atoms with Gasteiger partial charge in [-0.15, -0.1) is 0 Å². The van der Waals surface area contributed by atoms with Crippen molar-refractivity contribution in [2.75, 3.05) is 33.7 Å². The number of hydrogen-bond acceptors (Lipinski definition) is 2. The van der Waals surface area contributed by atoms with Crippen molar-refractivity contribution >= 4 is 11.9 Å². The summed E-state index contributed by atoms with van der Waals surface area (Å²) in [6, 6.07) is 0. The van der Waals surface area contributed by atoms with Crippen molar-refractivity contribution in [3.63, 3.8) is 0 Å². The highest BCUT2D eigenvalue weighted by Gasteiger charge is 2.32. The van der Waals surface area contributed by atoms with Gasteiger partial charge in [0.1, 0.15) is 0 Å². The van der Waals surface area contributed by atoms with Crippen molar-refractivity contribution in [2.24, 2.45) is 16.3 Å². The number of hydrogen-bond donors (Lipinski definition) is 2. The standard InChI is InChI=1S/C18H34N4O/c1-4-18(9-5-6-10-18)14-21-17(20-3)22-11-7-15(8-12-22)13-16(23)19-2/h15H,4-14H2,1-3H3,(H,19,23)(H,20,21). The second-order valence-electron chi connectivity index (χ2n) is 7.27. The molecule has 132 valence electrons. The molecular formula is C18H34N4O. The molecule has 23 heavy (non-hydrogen) atoms. The molecule has 0 aromatic carbocycles. The molecule has 2 aliphatic rings. The summed E-state index contributed by atoms with van der Waals surface area (Å²) in [5.74, 6) is 1.72. The van der Waals surface area contributed by atoms with Crippen molar-refractivity contribution in [2.45, 2.75) is 58.3 Å². The molecule has 0 unspecified atom stereocenters. The van der Waals surface area contributed by atoms with Crippen LogP contribution in [-0.4, -0.2) is 50.5 Å². The molecule has 1 heterocycles. The van der Waals surface area contributed by atoms with E-state index >= 15 is 0 Å². The lowest BCUT2D eigenvalue weighted by Crippen LogP contribution is -2.48. The maximum absolute atomic E-state index is 11.5. The zero-order valence-electron chi connectivity index (χ0n) is 15.2. The molecule has 1 amide bonds. The molecule has 0 aromatic rings. The van der Waals surface area contributed by atoms with Crippen molar-refractivity contribution in [1.82, 2.24) is 15.5 Å². The van der Waals surface area contributed by atoms with E-state index in [9.17, 15) is 4.79 Å². The van der Waals surface area contributed by atoms with Crippen LogP contribution < -0.4 is 10.6 Å². The second kappa shape index (κ2) is 8.55. The average molecular weight is 322 g/mol. The molecule has 2 rings (SSSR count). The molecule has 2 N–H and O–H groups in total. The topological polar surface area (TPSA) is 56.7 Å². The fraction of sp³-hybridized carbons (Fsp3) is 0.889. The number of likely N-dealkylation sites (tertiary alicyclic amines) is 1. The Morgan fingerprint density at radius 2 is 1.91 bits per heavy atom. The quantitative estimate of drug-likeness (QED) is 0.603. The first kappa shape index (κ1) is 18.1. The first-order chi connectivity index (χ1) is 11.1. The smallest absolute Gasteiger partial charge is 0.220 e. The maximum atomic E-state index is 11.5. The SMILES string of the molecule is CCC1(CNC(=NC)N2CCC(CC(=O)NC)CC2)CCCC1. The van der Waals surface area contributed by atoms with Gasteiger partial charge in [-0.25, -0.2) is 0 Å². The van der Waals surface area contributed by atoms with Gasteiger partial charge in [-0.2, -0.15) is 0 Å². The van der Waals surface area contributed by atoms with E-state index in [0.29, 0.717) is 17.8 Å². The second-order valence-corrected chi connectivity index (χ2v) is 7.27. The van der Waals surface area contributed by atoms with Crippen LogP contribution in [0, 0.1) is 11.3 Å². The number of nitrogens with one attached hydrogen (secondary N) is 2. The number of carbonyl (C=O) groups is 1. The number of amides is 1. The summed E-state index contributed by atoms with van der Waals surface area (Å²) in [7, 11) is 3.60. The maximum Gasteiger partial charge on any atom is 0.220 e. The zero-order chi connectivity index (χ0) is 16.7. The fourth-order valence-corrected chi connectivity index (χ4v) is 4.09. The number of aliphatic imine (C=N–C) groups is 1. The van der Waals surface area contributed by atoms with E-state index in [1.54, 1.807) is 7.05 Å². The molecule has 1 saturated carbocycles. The molecule has 0 spiro atoms. The summed E-state index contributed by atoms with van der Waals surface area (Å²) in [4.78, 5) is 18.4. The summed E-state index contributed by atoms with van der Waals surface area (Å²) in [6.45, 7) is 5.37. The summed E-state index contributed by atoms with van der Waals surface area (Å²) < 4.78 is 0. The summed E-state index contributed by atoms with van der Waals surface area (Å²) >= 11 is 0. The van der Waals surface area contributed by atoms with Gasteiger partial charge in [0.05, 0.1) is 0 Å². The normalized spacial score (nSPS) is 22.2. The van der Waals surface area contributed by atoms with Gasteiger partial charge in [0.25, 0.3) is 0 Å². The van der Waals surface area contributed by atoms with E-state index in [2.05, 4.69) is 27.4 Å². The van der Waals surface area contributed by atoms with Gasteiger partial charge >= 0.3 is 0 Å². The molecule has 5 nitrogen and oxygen atoms in total. The summed E-state index contributed by atoms with van der Waals surface area (Å²) in [5, 5.41) is 6.37. The van der Waals surface area contributed by atoms with E-state index in [1.165, 1.54) is 32.1 Å². The first-order valence-electron chi connectivity index (χ1n) is 9.28. The van der Waals surface area contributed by atoms with Gasteiger partial charge in [0.2, 0.25) is 5.91 Å². The number of rotatable bonds is 5. The largest absolute Gasteiger partial charge is 0.359 e. The predicted molar refractivity (Wildman–Crippen MR) is 95.5 cm³/mol. The molecule has 0 aromatic heterocycles. The Labute approximate surface area is 141 Å². The van der Waals surface area contributed by atoms with Gasteiger partial charge in [-0.05, 0) is 43.4 Å². The zero-order valence-corrected chi connectivity index (χ0v) is 15.2. The highest BCUT2D eigenvalue weighted by atomic mass is 16.1. The Bertz CT molecular complexity index is 407. The average Bonchev–Trinajstić information content (AvgIpc) is 3.06. The number of nitrogens with zero attached hydrogens (tertiary/aromatic N) is 2. The molecule has 2 fully saturated rings. The molecule has 5 heteroatoms. The monoisotopic (exact) mass is 322 g/mol. The fourth-order valence-electron chi connectivity index (χ4n) is 4.09. The van der Waals surface area contributed by atoms with Gasteiger partial charge in [0, 0.05) is 40.2 Å². The van der Waals surface area contributed by atoms with Crippen LogP contribution in [0.1, 0.15) is 58.3 Å². The lowest BCUT2D eigenvalue weighted by Gasteiger charge is -2.36. The van der Waals surface area contributed by atoms with Crippen LogP contribution in [0.15, 0.2) is 4.99 Å². The Balaban J connectivity index is 1.80. The van der Waals surface area contributed by atoms with Crippen molar-refractivity contribution in [1.29, 1.82) is 0 Å². The van der Waals surface area contributed by atoms with E-state index in [0.717, 1.165) is 38.4 Å². The van der Waals surface area contributed by atoms with Crippen LogP contribution in [0.3, 0.4) is 0 Å². The van der Waals surface area contributed by atoms with E-state index in [4.69, 9.17) is 0 Å². The van der Waals surface area contributed by atoms with Crippen LogP contribution in [0.5, 0.6) is 0 Å². The van der Waals surface area contributed by atoms with Gasteiger partial charge in [0.15, 0.2) is 5.96 Å². The highest BCUT2D eigenvalue weighted by molar-refractivity contribution is 5.80. The lowest BCUT2D eigenvalue weighted by molar-refractivity contribution is -0.121. The third kappa shape index (κ3) is 4.85. The molecule has 1 aliphatic carbocycles. The Morgan fingerprint density at radius 1 is 1.26 bits per heavy atom. The molecule has 0 bridgehead atoms. The first-order valence-corrected chi connectivity index (χ1v) is 9.28. The Hall–Kier alpha value is -1.26. The van der Waals surface area contributed by atoms with Gasteiger partial charge in [-0.3, -0.25) is 9.79 Å². The minimum absolute atomic E-state index is 0.164. The lowest BCUT2D eigenvalue weighted by atomic mass is 9.83. The molecule has 1 aliphatic heterocycles. The van der Waals surface area contributed by atoms with Crippen molar-refractivity contribution < 1.29 is 4.79 Å². The minimum atomic E-state index is 0.164. The van der Waals surface area contributed by atoms with E-state index < -0.39 is 0 Å². The van der Waals surface area contributed by atoms with E-state index in [1.807, 2.05) is 7.05 Å². The third-order valence-corrected chi connectivity index (χ3v) is 5.91. The minimum Gasteiger partial charge on any atom is -0.359 e. The molecule has 1 saturated heterocycles. The number of guanidine groups is 1.